The molecule has 2 N–H and O–H groups in total. The van der Waals surface area contributed by atoms with Crippen LogP contribution in [0.15, 0.2) is 11.1 Å². The molecule has 1 fully saturated rings. The average Bonchev–Trinajstić information content (AvgIpc) is 2.20. The summed E-state index contributed by atoms with van der Waals surface area (Å²) in [5.41, 5.74) is 0.574. The number of H-pyrrole nitrogens is 1. The molecule has 0 atom stereocenters. The summed E-state index contributed by atoms with van der Waals surface area (Å²) < 4.78 is 0.640. The monoisotopic (exact) mass is 375 g/mol. The molecule has 19 heavy (non-hydrogen) atoms. The number of anilines is 1. The standard InChI is InChI=1S/C14H22IN3O/c1-13(2)5-9(6-14(3,4)7-13)18-11-10(15)12(19)17-8-16-11/h8-9H,5-7H2,1-4H3,(H2,16,17,18,19). The van der Waals surface area contributed by atoms with E-state index in [1.165, 1.54) is 12.7 Å². The lowest BCUT2D eigenvalue weighted by atomic mass is 9.63. The summed E-state index contributed by atoms with van der Waals surface area (Å²) in [4.78, 5) is 18.4. The van der Waals surface area contributed by atoms with Crippen molar-refractivity contribution in [1.29, 1.82) is 0 Å². The molecule has 4 nitrogen and oxygen atoms in total. The maximum atomic E-state index is 11.6. The molecule has 1 aliphatic rings. The lowest BCUT2D eigenvalue weighted by molar-refractivity contribution is 0.105. The first-order chi connectivity index (χ1) is 8.69. The number of halogens is 1. The summed E-state index contributed by atoms with van der Waals surface area (Å²) in [6, 6.07) is 0.376. The third-order valence-corrected chi connectivity index (χ3v) is 4.69. The number of hydrogen-bond acceptors (Lipinski definition) is 3. The molecular weight excluding hydrogens is 353 g/mol. The summed E-state index contributed by atoms with van der Waals surface area (Å²) in [5, 5.41) is 3.46. The second-order valence-corrected chi connectivity index (χ2v) is 8.23. The van der Waals surface area contributed by atoms with E-state index in [-0.39, 0.29) is 5.56 Å². The molecule has 1 aliphatic carbocycles. The third-order valence-electron chi connectivity index (χ3n) is 3.69. The topological polar surface area (TPSA) is 57.8 Å². The van der Waals surface area contributed by atoms with Gasteiger partial charge >= 0.3 is 0 Å². The van der Waals surface area contributed by atoms with Crippen LogP contribution in [0.4, 0.5) is 5.82 Å². The number of nitrogens with zero attached hydrogens (tertiary/aromatic N) is 1. The zero-order valence-corrected chi connectivity index (χ0v) is 14.2. The van der Waals surface area contributed by atoms with E-state index < -0.39 is 0 Å². The molecule has 1 aromatic heterocycles. The first kappa shape index (κ1) is 14.8. The number of rotatable bonds is 2. The van der Waals surface area contributed by atoms with E-state index in [9.17, 15) is 4.79 Å². The van der Waals surface area contributed by atoms with Crippen LogP contribution < -0.4 is 10.9 Å². The second kappa shape index (κ2) is 5.07. The van der Waals surface area contributed by atoms with E-state index in [1.54, 1.807) is 0 Å². The Hall–Kier alpha value is -0.590. The molecule has 5 heteroatoms. The van der Waals surface area contributed by atoms with E-state index in [4.69, 9.17) is 0 Å². The molecule has 0 unspecified atom stereocenters. The number of aromatic nitrogens is 2. The zero-order valence-electron chi connectivity index (χ0n) is 12.0. The van der Waals surface area contributed by atoms with Crippen molar-refractivity contribution in [2.24, 2.45) is 10.8 Å². The first-order valence-electron chi connectivity index (χ1n) is 6.68. The van der Waals surface area contributed by atoms with Crippen LogP contribution in [0.25, 0.3) is 0 Å². The largest absolute Gasteiger partial charge is 0.366 e. The molecule has 0 amide bonds. The second-order valence-electron chi connectivity index (χ2n) is 7.15. The van der Waals surface area contributed by atoms with E-state index >= 15 is 0 Å². The van der Waals surface area contributed by atoms with Gasteiger partial charge in [-0.2, -0.15) is 0 Å². The molecule has 0 spiro atoms. The molecule has 0 aromatic carbocycles. The van der Waals surface area contributed by atoms with Gasteiger partial charge in [-0.3, -0.25) is 4.79 Å². The Bertz CT molecular complexity index is 506. The van der Waals surface area contributed by atoms with Crippen molar-refractivity contribution < 1.29 is 0 Å². The van der Waals surface area contributed by atoms with Gasteiger partial charge in [0.1, 0.15) is 9.39 Å². The fourth-order valence-electron chi connectivity index (χ4n) is 3.63. The molecule has 1 heterocycles. The third kappa shape index (κ3) is 3.70. The highest BCUT2D eigenvalue weighted by Crippen LogP contribution is 2.46. The van der Waals surface area contributed by atoms with E-state index in [0.29, 0.717) is 26.3 Å². The van der Waals surface area contributed by atoms with Gasteiger partial charge in [-0.15, -0.1) is 0 Å². The van der Waals surface area contributed by atoms with Crippen LogP contribution in [-0.4, -0.2) is 16.0 Å². The Kier molecular flexibility index (Phi) is 3.95. The minimum Gasteiger partial charge on any atom is -0.366 e. The highest BCUT2D eigenvalue weighted by molar-refractivity contribution is 14.1. The van der Waals surface area contributed by atoms with Crippen LogP contribution in [0.1, 0.15) is 47.0 Å². The quantitative estimate of drug-likeness (QED) is 0.780. The Labute approximate surface area is 127 Å². The molecule has 0 radical (unpaired) electrons. The van der Waals surface area contributed by atoms with Gasteiger partial charge in [0.2, 0.25) is 0 Å². The van der Waals surface area contributed by atoms with Crippen LogP contribution >= 0.6 is 22.6 Å². The Morgan fingerprint density at radius 3 is 2.47 bits per heavy atom. The maximum Gasteiger partial charge on any atom is 0.266 e. The SMILES string of the molecule is CC1(C)CC(Nc2nc[nH]c(=O)c2I)CC(C)(C)C1. The predicted molar refractivity (Wildman–Crippen MR) is 86.4 cm³/mol. The van der Waals surface area contributed by atoms with Gasteiger partial charge in [-0.1, -0.05) is 27.7 Å². The minimum absolute atomic E-state index is 0.0765. The van der Waals surface area contributed by atoms with Gasteiger partial charge in [0.05, 0.1) is 6.33 Å². The molecular formula is C14H22IN3O. The Balaban J connectivity index is 2.19. The highest BCUT2D eigenvalue weighted by atomic mass is 127. The normalized spacial score (nSPS) is 22.2. The van der Waals surface area contributed by atoms with E-state index in [0.717, 1.165) is 12.8 Å². The first-order valence-corrected chi connectivity index (χ1v) is 7.76. The van der Waals surface area contributed by atoms with Gasteiger partial charge in [0, 0.05) is 6.04 Å². The van der Waals surface area contributed by atoms with E-state index in [1.807, 2.05) is 22.6 Å². The van der Waals surface area contributed by atoms with Crippen molar-refractivity contribution in [2.75, 3.05) is 5.32 Å². The van der Waals surface area contributed by atoms with Crippen LogP contribution in [0.3, 0.4) is 0 Å². The Morgan fingerprint density at radius 1 is 1.32 bits per heavy atom. The zero-order chi connectivity index (χ0) is 14.3. The number of nitrogens with one attached hydrogen (secondary N) is 2. The molecule has 0 bridgehead atoms. The molecule has 1 aromatic rings. The summed E-state index contributed by atoms with van der Waals surface area (Å²) in [5.74, 6) is 0.711. The van der Waals surface area contributed by atoms with Crippen molar-refractivity contribution in [2.45, 2.75) is 53.0 Å². The van der Waals surface area contributed by atoms with Crippen LogP contribution in [0.5, 0.6) is 0 Å². The van der Waals surface area contributed by atoms with Gasteiger partial charge in [-0.25, -0.2) is 4.98 Å². The molecule has 1 saturated carbocycles. The van der Waals surface area contributed by atoms with Crippen molar-refractivity contribution in [3.05, 3.63) is 20.3 Å². The lowest BCUT2D eigenvalue weighted by Crippen LogP contribution is -2.40. The van der Waals surface area contributed by atoms with Crippen LogP contribution in [-0.2, 0) is 0 Å². The van der Waals surface area contributed by atoms with Crippen molar-refractivity contribution in [3.8, 4) is 0 Å². The fraction of sp³-hybridized carbons (Fsp3) is 0.714. The smallest absolute Gasteiger partial charge is 0.266 e. The van der Waals surface area contributed by atoms with Crippen molar-refractivity contribution in [1.82, 2.24) is 9.97 Å². The average molecular weight is 375 g/mol. The fourth-order valence-corrected chi connectivity index (χ4v) is 4.08. The summed E-state index contributed by atoms with van der Waals surface area (Å²) in [7, 11) is 0. The summed E-state index contributed by atoms with van der Waals surface area (Å²) in [6.45, 7) is 9.27. The maximum absolute atomic E-state index is 11.6. The summed E-state index contributed by atoms with van der Waals surface area (Å²) >= 11 is 2.05. The molecule has 0 aliphatic heterocycles. The van der Waals surface area contributed by atoms with Gasteiger partial charge in [0.15, 0.2) is 0 Å². The van der Waals surface area contributed by atoms with Gasteiger partial charge < -0.3 is 10.3 Å². The molecule has 106 valence electrons. The molecule has 2 rings (SSSR count). The number of aromatic amines is 1. The van der Waals surface area contributed by atoms with Gasteiger partial charge in [-0.05, 0) is 52.7 Å². The molecule has 0 saturated heterocycles. The Morgan fingerprint density at radius 2 is 1.89 bits per heavy atom. The van der Waals surface area contributed by atoms with Crippen LogP contribution in [0, 0.1) is 14.4 Å². The predicted octanol–water partition coefficient (Wildman–Crippen LogP) is 3.39. The van der Waals surface area contributed by atoms with Crippen LogP contribution in [0.2, 0.25) is 0 Å². The lowest BCUT2D eigenvalue weighted by Gasteiger charge is -2.45. The van der Waals surface area contributed by atoms with Crippen molar-refractivity contribution in [3.63, 3.8) is 0 Å². The van der Waals surface area contributed by atoms with Gasteiger partial charge in [0.25, 0.3) is 5.56 Å². The van der Waals surface area contributed by atoms with Crippen molar-refractivity contribution >= 4 is 28.4 Å². The summed E-state index contributed by atoms with van der Waals surface area (Å²) in [6.07, 6.45) is 4.92. The van der Waals surface area contributed by atoms with E-state index in [2.05, 4.69) is 43.0 Å². The minimum atomic E-state index is -0.0765. The highest BCUT2D eigenvalue weighted by Gasteiger charge is 2.38. The number of hydrogen-bond donors (Lipinski definition) is 2.